The van der Waals surface area contributed by atoms with Crippen LogP contribution >= 0.6 is 11.6 Å². The summed E-state index contributed by atoms with van der Waals surface area (Å²) in [6.07, 6.45) is 3.10. The standard InChI is InChI=1S/C22H22ClN3O4/c23-16-6-4-15(5-7-16)22(29)24-17-8-9-19-18(12-17)26(21(28)14-30-19)13-20(27)25-10-2-1-3-11-25/h4-9,12H,1-3,10-11,13-14H2,(H,24,29). The largest absolute Gasteiger partial charge is 0.482 e. The zero-order valence-electron chi connectivity index (χ0n) is 16.4. The van der Waals surface area contributed by atoms with E-state index in [4.69, 9.17) is 16.3 Å². The maximum Gasteiger partial charge on any atom is 0.265 e. The summed E-state index contributed by atoms with van der Waals surface area (Å²) in [4.78, 5) is 40.9. The van der Waals surface area contributed by atoms with Crippen LogP contribution in [-0.4, -0.2) is 48.9 Å². The topological polar surface area (TPSA) is 79.0 Å². The van der Waals surface area contributed by atoms with Crippen LogP contribution < -0.4 is 15.0 Å². The number of carbonyl (C=O) groups is 3. The number of hydrogen-bond donors (Lipinski definition) is 1. The zero-order valence-corrected chi connectivity index (χ0v) is 17.2. The highest BCUT2D eigenvalue weighted by Gasteiger charge is 2.29. The second-order valence-electron chi connectivity index (χ2n) is 7.35. The molecule has 3 amide bonds. The minimum absolute atomic E-state index is 0.0379. The maximum absolute atomic E-state index is 12.7. The van der Waals surface area contributed by atoms with E-state index < -0.39 is 0 Å². The Kier molecular flexibility index (Phi) is 5.90. The van der Waals surface area contributed by atoms with E-state index in [9.17, 15) is 14.4 Å². The summed E-state index contributed by atoms with van der Waals surface area (Å²) in [5.74, 6) is -0.156. The smallest absolute Gasteiger partial charge is 0.265 e. The van der Waals surface area contributed by atoms with E-state index in [2.05, 4.69) is 5.32 Å². The summed E-state index contributed by atoms with van der Waals surface area (Å²) >= 11 is 5.87. The van der Waals surface area contributed by atoms with Crippen LogP contribution in [0.1, 0.15) is 29.6 Å². The monoisotopic (exact) mass is 427 g/mol. The van der Waals surface area contributed by atoms with Gasteiger partial charge in [-0.3, -0.25) is 19.3 Å². The molecular weight excluding hydrogens is 406 g/mol. The summed E-state index contributed by atoms with van der Waals surface area (Å²) < 4.78 is 5.51. The van der Waals surface area contributed by atoms with Crippen molar-refractivity contribution in [2.24, 2.45) is 0 Å². The maximum atomic E-state index is 12.7. The normalized spacial score (nSPS) is 16.0. The Bertz CT molecular complexity index is 971. The number of rotatable bonds is 4. The first kappa shape index (κ1) is 20.2. The van der Waals surface area contributed by atoms with Gasteiger partial charge in [-0.15, -0.1) is 0 Å². The Labute approximate surface area is 179 Å². The minimum atomic E-state index is -0.300. The molecule has 2 heterocycles. The van der Waals surface area contributed by atoms with Gasteiger partial charge < -0.3 is 15.0 Å². The third-order valence-electron chi connectivity index (χ3n) is 5.27. The van der Waals surface area contributed by atoms with Crippen LogP contribution in [0.5, 0.6) is 5.75 Å². The third-order valence-corrected chi connectivity index (χ3v) is 5.52. The molecule has 1 saturated heterocycles. The van der Waals surface area contributed by atoms with Crippen LogP contribution in [0, 0.1) is 0 Å². The van der Waals surface area contributed by atoms with Crippen molar-refractivity contribution in [3.63, 3.8) is 0 Å². The van der Waals surface area contributed by atoms with Crippen LogP contribution in [0.2, 0.25) is 5.02 Å². The molecule has 0 bridgehead atoms. The molecule has 0 aromatic heterocycles. The molecule has 8 heteroatoms. The molecule has 0 unspecified atom stereocenters. The second kappa shape index (κ2) is 8.75. The minimum Gasteiger partial charge on any atom is -0.482 e. The number of amides is 3. The average Bonchev–Trinajstić information content (AvgIpc) is 2.76. The molecule has 2 aliphatic heterocycles. The van der Waals surface area contributed by atoms with Gasteiger partial charge in [0.2, 0.25) is 5.91 Å². The lowest BCUT2D eigenvalue weighted by Gasteiger charge is -2.33. The van der Waals surface area contributed by atoms with E-state index in [0.29, 0.717) is 27.7 Å². The Morgan fingerprint density at radius 3 is 2.50 bits per heavy atom. The van der Waals surface area contributed by atoms with E-state index in [1.165, 1.54) is 4.90 Å². The highest BCUT2D eigenvalue weighted by molar-refractivity contribution is 6.30. The molecule has 0 spiro atoms. The molecule has 0 atom stereocenters. The molecule has 0 radical (unpaired) electrons. The molecule has 2 aliphatic rings. The lowest BCUT2D eigenvalue weighted by Crippen LogP contribution is -2.47. The number of piperidine rings is 1. The fraction of sp³-hybridized carbons (Fsp3) is 0.318. The van der Waals surface area contributed by atoms with Gasteiger partial charge in [-0.25, -0.2) is 0 Å². The zero-order chi connectivity index (χ0) is 21.1. The molecule has 2 aromatic carbocycles. The van der Waals surface area contributed by atoms with Crippen molar-refractivity contribution in [1.29, 1.82) is 0 Å². The fourth-order valence-corrected chi connectivity index (χ4v) is 3.76. The van der Waals surface area contributed by atoms with Crippen LogP contribution in [0.4, 0.5) is 11.4 Å². The summed E-state index contributed by atoms with van der Waals surface area (Å²) in [5.41, 5.74) is 1.44. The molecule has 7 nitrogen and oxygen atoms in total. The number of hydrogen-bond acceptors (Lipinski definition) is 4. The van der Waals surface area contributed by atoms with Crippen molar-refractivity contribution in [1.82, 2.24) is 4.90 Å². The van der Waals surface area contributed by atoms with Gasteiger partial charge in [0.1, 0.15) is 12.3 Å². The van der Waals surface area contributed by atoms with Crippen LogP contribution in [-0.2, 0) is 9.59 Å². The number of fused-ring (bicyclic) bond motifs is 1. The van der Waals surface area contributed by atoms with Crippen LogP contribution in [0.15, 0.2) is 42.5 Å². The molecule has 4 rings (SSSR count). The van der Waals surface area contributed by atoms with Gasteiger partial charge in [-0.05, 0) is 61.7 Å². The highest BCUT2D eigenvalue weighted by Crippen LogP contribution is 2.34. The number of nitrogens with one attached hydrogen (secondary N) is 1. The average molecular weight is 428 g/mol. The Morgan fingerprint density at radius 2 is 1.77 bits per heavy atom. The van der Waals surface area contributed by atoms with Crippen molar-refractivity contribution in [3.8, 4) is 5.75 Å². The van der Waals surface area contributed by atoms with Gasteiger partial charge in [0.15, 0.2) is 6.61 Å². The van der Waals surface area contributed by atoms with Gasteiger partial charge in [-0.1, -0.05) is 11.6 Å². The molecule has 0 aliphatic carbocycles. The summed E-state index contributed by atoms with van der Waals surface area (Å²) in [6, 6.07) is 11.6. The SMILES string of the molecule is O=C(Nc1ccc2c(c1)N(CC(=O)N1CCCCC1)C(=O)CO2)c1ccc(Cl)cc1. The summed E-state index contributed by atoms with van der Waals surface area (Å²) in [5, 5.41) is 3.36. The Hall–Kier alpha value is -3.06. The molecular formula is C22H22ClN3O4. The first-order valence-electron chi connectivity index (χ1n) is 9.93. The predicted molar refractivity (Wildman–Crippen MR) is 114 cm³/mol. The van der Waals surface area contributed by atoms with E-state index in [1.807, 2.05) is 0 Å². The molecule has 0 saturated carbocycles. The summed E-state index contributed by atoms with van der Waals surface area (Å²) in [7, 11) is 0. The number of halogens is 1. The van der Waals surface area contributed by atoms with E-state index >= 15 is 0 Å². The Balaban J connectivity index is 1.53. The Morgan fingerprint density at radius 1 is 1.03 bits per heavy atom. The van der Waals surface area contributed by atoms with Crippen molar-refractivity contribution in [2.45, 2.75) is 19.3 Å². The van der Waals surface area contributed by atoms with Crippen molar-refractivity contribution in [2.75, 3.05) is 36.5 Å². The number of carbonyl (C=O) groups excluding carboxylic acids is 3. The fourth-order valence-electron chi connectivity index (χ4n) is 3.64. The van der Waals surface area contributed by atoms with Crippen LogP contribution in [0.3, 0.4) is 0 Å². The van der Waals surface area contributed by atoms with E-state index in [1.54, 1.807) is 47.4 Å². The van der Waals surface area contributed by atoms with Gasteiger partial charge in [0.25, 0.3) is 11.8 Å². The molecule has 1 fully saturated rings. The van der Waals surface area contributed by atoms with Crippen molar-refractivity contribution in [3.05, 3.63) is 53.1 Å². The molecule has 2 aromatic rings. The number of nitrogens with zero attached hydrogens (tertiary/aromatic N) is 2. The van der Waals surface area contributed by atoms with Gasteiger partial charge in [0.05, 0.1) is 5.69 Å². The lowest BCUT2D eigenvalue weighted by molar-refractivity contribution is -0.132. The number of likely N-dealkylation sites (tertiary alicyclic amines) is 1. The van der Waals surface area contributed by atoms with Crippen molar-refractivity contribution >= 4 is 40.7 Å². The second-order valence-corrected chi connectivity index (χ2v) is 7.79. The van der Waals surface area contributed by atoms with Crippen molar-refractivity contribution < 1.29 is 19.1 Å². The number of anilines is 2. The predicted octanol–water partition coefficient (Wildman–Crippen LogP) is 3.33. The summed E-state index contributed by atoms with van der Waals surface area (Å²) in [6.45, 7) is 1.29. The quantitative estimate of drug-likeness (QED) is 0.811. The third kappa shape index (κ3) is 4.41. The number of benzene rings is 2. The van der Waals surface area contributed by atoms with Crippen LogP contribution in [0.25, 0.3) is 0 Å². The van der Waals surface area contributed by atoms with E-state index in [-0.39, 0.29) is 30.9 Å². The highest BCUT2D eigenvalue weighted by atomic mass is 35.5. The first-order valence-corrected chi connectivity index (χ1v) is 10.3. The van der Waals surface area contributed by atoms with Gasteiger partial charge >= 0.3 is 0 Å². The first-order chi connectivity index (χ1) is 14.5. The number of ether oxygens (including phenoxy) is 1. The molecule has 156 valence electrons. The lowest BCUT2D eigenvalue weighted by atomic mass is 10.1. The van der Waals surface area contributed by atoms with Gasteiger partial charge in [-0.2, -0.15) is 0 Å². The molecule has 30 heavy (non-hydrogen) atoms. The van der Waals surface area contributed by atoms with E-state index in [0.717, 1.165) is 32.4 Å². The van der Waals surface area contributed by atoms with Gasteiger partial charge in [0, 0.05) is 29.4 Å². The molecule has 1 N–H and O–H groups in total.